The molecule has 0 bridgehead atoms. The summed E-state index contributed by atoms with van der Waals surface area (Å²) in [4.78, 5) is 23.9. The number of nitrogens with zero attached hydrogens (tertiary/aromatic N) is 2. The van der Waals surface area contributed by atoms with E-state index in [0.717, 1.165) is 38.4 Å². The Morgan fingerprint density at radius 1 is 1.38 bits per heavy atom. The van der Waals surface area contributed by atoms with Crippen LogP contribution >= 0.6 is 0 Å². The number of aromatic carboxylic acids is 1. The zero-order chi connectivity index (χ0) is 11.5. The molecular weight excluding hydrogens is 210 g/mol. The number of carboxylic acids is 1. The van der Waals surface area contributed by atoms with Gasteiger partial charge in [-0.25, -0.2) is 9.89 Å². The van der Waals surface area contributed by atoms with Gasteiger partial charge in [0.25, 0.3) is 5.56 Å². The summed E-state index contributed by atoms with van der Waals surface area (Å²) in [6, 6.07) is 1.08. The van der Waals surface area contributed by atoms with Crippen molar-refractivity contribution >= 4 is 11.8 Å². The summed E-state index contributed by atoms with van der Waals surface area (Å²) in [6.07, 6.45) is 3.21. The van der Waals surface area contributed by atoms with Gasteiger partial charge in [-0.3, -0.25) is 4.79 Å². The van der Waals surface area contributed by atoms with E-state index in [0.29, 0.717) is 5.82 Å². The van der Waals surface area contributed by atoms with Gasteiger partial charge in [0.05, 0.1) is 0 Å². The Morgan fingerprint density at radius 2 is 2.06 bits per heavy atom. The summed E-state index contributed by atoms with van der Waals surface area (Å²) in [7, 11) is 0. The first-order valence-corrected chi connectivity index (χ1v) is 5.26. The number of aromatic nitrogens is 2. The predicted octanol–water partition coefficient (Wildman–Crippen LogP) is 0.458. The van der Waals surface area contributed by atoms with E-state index in [1.54, 1.807) is 0 Å². The van der Waals surface area contributed by atoms with E-state index in [1.807, 2.05) is 4.90 Å². The smallest absolute Gasteiger partial charge is 0.339 e. The minimum absolute atomic E-state index is 0.0225. The molecule has 0 unspecified atom stereocenters. The number of nitrogens with one attached hydrogen (secondary N) is 1. The van der Waals surface area contributed by atoms with Gasteiger partial charge in [0.2, 0.25) is 0 Å². The number of anilines is 1. The second kappa shape index (κ2) is 4.34. The highest BCUT2D eigenvalue weighted by atomic mass is 16.4. The third kappa shape index (κ3) is 2.05. The minimum Gasteiger partial charge on any atom is -0.478 e. The van der Waals surface area contributed by atoms with Crippen LogP contribution in [-0.2, 0) is 0 Å². The average molecular weight is 223 g/mol. The number of H-pyrrole nitrogens is 1. The summed E-state index contributed by atoms with van der Waals surface area (Å²) in [6.45, 7) is 1.58. The van der Waals surface area contributed by atoms with Crippen LogP contribution in [0.15, 0.2) is 10.9 Å². The Morgan fingerprint density at radius 3 is 2.69 bits per heavy atom. The van der Waals surface area contributed by atoms with E-state index in [-0.39, 0.29) is 5.56 Å². The van der Waals surface area contributed by atoms with Gasteiger partial charge in [0.15, 0.2) is 5.82 Å². The van der Waals surface area contributed by atoms with Crippen molar-refractivity contribution in [1.82, 2.24) is 10.2 Å². The Bertz CT molecular complexity index is 449. The molecule has 1 aliphatic heterocycles. The maximum absolute atomic E-state index is 11.0. The molecule has 1 aromatic rings. The van der Waals surface area contributed by atoms with Crippen LogP contribution in [0.1, 0.15) is 29.6 Å². The molecule has 2 rings (SSSR count). The van der Waals surface area contributed by atoms with Gasteiger partial charge in [0.1, 0.15) is 5.56 Å². The third-order valence-corrected chi connectivity index (χ3v) is 2.67. The second-order valence-corrected chi connectivity index (χ2v) is 3.82. The number of rotatable bonds is 2. The maximum atomic E-state index is 11.0. The van der Waals surface area contributed by atoms with Crippen LogP contribution in [0.25, 0.3) is 0 Å². The van der Waals surface area contributed by atoms with Crippen molar-refractivity contribution in [3.8, 4) is 0 Å². The zero-order valence-electron chi connectivity index (χ0n) is 8.77. The molecule has 0 atom stereocenters. The average Bonchev–Trinajstić information content (AvgIpc) is 2.30. The standard InChI is InChI=1S/C10H13N3O3/c14-8-6-7(10(15)16)9(12-11-8)13-4-2-1-3-5-13/h6H,1-5H2,(H,11,14)(H,15,16). The molecule has 0 saturated carbocycles. The van der Waals surface area contributed by atoms with Crippen LogP contribution in [0.5, 0.6) is 0 Å². The van der Waals surface area contributed by atoms with Crippen LogP contribution in [0.2, 0.25) is 0 Å². The largest absolute Gasteiger partial charge is 0.478 e. The van der Waals surface area contributed by atoms with Crippen molar-refractivity contribution in [2.75, 3.05) is 18.0 Å². The summed E-state index contributed by atoms with van der Waals surface area (Å²) >= 11 is 0. The molecule has 86 valence electrons. The summed E-state index contributed by atoms with van der Waals surface area (Å²) < 4.78 is 0. The lowest BCUT2D eigenvalue weighted by Crippen LogP contribution is -2.33. The number of carboxylic acid groups (broad SMARTS) is 1. The van der Waals surface area contributed by atoms with Crippen molar-refractivity contribution in [2.24, 2.45) is 0 Å². The van der Waals surface area contributed by atoms with E-state index < -0.39 is 11.5 Å². The maximum Gasteiger partial charge on any atom is 0.339 e. The number of hydrogen-bond donors (Lipinski definition) is 2. The third-order valence-electron chi connectivity index (χ3n) is 2.67. The molecule has 2 N–H and O–H groups in total. The highest BCUT2D eigenvalue weighted by Gasteiger charge is 2.20. The molecule has 0 aliphatic carbocycles. The molecule has 0 radical (unpaired) electrons. The first-order chi connectivity index (χ1) is 7.68. The monoisotopic (exact) mass is 223 g/mol. The number of carbonyl (C=O) groups is 1. The van der Waals surface area contributed by atoms with Gasteiger partial charge in [-0.1, -0.05) is 0 Å². The van der Waals surface area contributed by atoms with E-state index in [1.165, 1.54) is 0 Å². The fourth-order valence-electron chi connectivity index (χ4n) is 1.90. The fourth-order valence-corrected chi connectivity index (χ4v) is 1.90. The van der Waals surface area contributed by atoms with Gasteiger partial charge >= 0.3 is 5.97 Å². The van der Waals surface area contributed by atoms with Crippen molar-refractivity contribution in [2.45, 2.75) is 19.3 Å². The molecular formula is C10H13N3O3. The number of piperidine rings is 1. The predicted molar refractivity (Wildman–Crippen MR) is 57.9 cm³/mol. The summed E-state index contributed by atoms with van der Waals surface area (Å²) in [5, 5.41) is 15.1. The quantitative estimate of drug-likeness (QED) is 0.760. The molecule has 1 saturated heterocycles. The van der Waals surface area contributed by atoms with Crippen LogP contribution in [0.4, 0.5) is 5.82 Å². The van der Waals surface area contributed by atoms with Gasteiger partial charge < -0.3 is 10.0 Å². The lowest BCUT2D eigenvalue weighted by molar-refractivity contribution is 0.0696. The summed E-state index contributed by atoms with van der Waals surface area (Å²) in [5.74, 6) is -0.744. The van der Waals surface area contributed by atoms with Crippen molar-refractivity contribution < 1.29 is 9.90 Å². The Kier molecular flexibility index (Phi) is 2.89. The molecule has 16 heavy (non-hydrogen) atoms. The Balaban J connectivity index is 2.38. The van der Waals surface area contributed by atoms with Crippen molar-refractivity contribution in [3.63, 3.8) is 0 Å². The molecule has 0 amide bonds. The van der Waals surface area contributed by atoms with Crippen molar-refractivity contribution in [3.05, 3.63) is 22.0 Å². The SMILES string of the molecule is O=C(O)c1cc(=O)[nH]nc1N1CCCCC1. The lowest BCUT2D eigenvalue weighted by atomic mass is 10.1. The van der Waals surface area contributed by atoms with Gasteiger partial charge in [-0.05, 0) is 19.3 Å². The van der Waals surface area contributed by atoms with Crippen LogP contribution in [-0.4, -0.2) is 34.4 Å². The van der Waals surface area contributed by atoms with E-state index >= 15 is 0 Å². The zero-order valence-corrected chi connectivity index (χ0v) is 8.77. The molecule has 0 aromatic carbocycles. The number of aromatic amines is 1. The van der Waals surface area contributed by atoms with E-state index in [2.05, 4.69) is 10.2 Å². The second-order valence-electron chi connectivity index (χ2n) is 3.82. The van der Waals surface area contributed by atoms with E-state index in [4.69, 9.17) is 5.11 Å². The van der Waals surface area contributed by atoms with Gasteiger partial charge in [0, 0.05) is 19.2 Å². The van der Waals surface area contributed by atoms with Crippen molar-refractivity contribution in [1.29, 1.82) is 0 Å². The van der Waals surface area contributed by atoms with Gasteiger partial charge in [-0.15, -0.1) is 0 Å². The molecule has 2 heterocycles. The highest BCUT2D eigenvalue weighted by molar-refractivity contribution is 5.93. The first kappa shape index (κ1) is 10.7. The molecule has 0 spiro atoms. The molecule has 6 nitrogen and oxygen atoms in total. The Hall–Kier alpha value is -1.85. The fraction of sp³-hybridized carbons (Fsp3) is 0.500. The van der Waals surface area contributed by atoms with Crippen LogP contribution in [0, 0.1) is 0 Å². The number of hydrogen-bond acceptors (Lipinski definition) is 4. The molecule has 1 aliphatic rings. The lowest BCUT2D eigenvalue weighted by Gasteiger charge is -2.28. The minimum atomic E-state index is -1.11. The van der Waals surface area contributed by atoms with Crippen LogP contribution < -0.4 is 10.5 Å². The Labute approximate surface area is 91.9 Å². The highest BCUT2D eigenvalue weighted by Crippen LogP contribution is 2.19. The van der Waals surface area contributed by atoms with E-state index in [9.17, 15) is 9.59 Å². The molecule has 1 aromatic heterocycles. The summed E-state index contributed by atoms with van der Waals surface area (Å²) in [5.41, 5.74) is -0.510. The molecule has 6 heteroatoms. The van der Waals surface area contributed by atoms with Crippen LogP contribution in [0.3, 0.4) is 0 Å². The normalized spacial score (nSPS) is 16.1. The van der Waals surface area contributed by atoms with Gasteiger partial charge in [-0.2, -0.15) is 5.10 Å². The molecule has 1 fully saturated rings. The topological polar surface area (TPSA) is 86.3 Å². The first-order valence-electron chi connectivity index (χ1n) is 5.26.